The highest BCUT2D eigenvalue weighted by Gasteiger charge is 2.51. The Hall–Kier alpha value is -4.08. The summed E-state index contributed by atoms with van der Waals surface area (Å²) in [5.41, 5.74) is 1.59. The fourth-order valence-electron chi connectivity index (χ4n) is 3.93. The Kier molecular flexibility index (Phi) is 9.68. The number of aromatic nitrogens is 2. The van der Waals surface area contributed by atoms with Crippen molar-refractivity contribution < 1.29 is 55.7 Å². The Labute approximate surface area is 232 Å². The molecule has 2 aliphatic rings. The molecule has 5 rings (SSSR count). The molecule has 0 radical (unpaired) electrons. The van der Waals surface area contributed by atoms with E-state index in [0.717, 1.165) is 41.7 Å². The minimum atomic E-state index is -5.08. The van der Waals surface area contributed by atoms with Gasteiger partial charge in [-0.1, -0.05) is 24.3 Å². The van der Waals surface area contributed by atoms with Crippen LogP contribution in [0, 0.1) is 0 Å². The number of alkyl halides is 6. The number of hydrogen-bond acceptors (Lipinski definition) is 7. The van der Waals surface area contributed by atoms with Crippen molar-refractivity contribution in [2.45, 2.75) is 29.6 Å². The van der Waals surface area contributed by atoms with Gasteiger partial charge in [0.25, 0.3) is 5.91 Å². The molecular weight excluding hydrogens is 584 g/mol. The van der Waals surface area contributed by atoms with E-state index in [1.54, 1.807) is 12.4 Å². The maximum absolute atomic E-state index is 13.0. The molecule has 0 aliphatic carbocycles. The molecule has 2 aromatic heterocycles. The number of carbonyl (C=O) groups is 3. The van der Waals surface area contributed by atoms with Gasteiger partial charge in [-0.3, -0.25) is 9.78 Å². The normalized spacial score (nSPS) is 17.4. The van der Waals surface area contributed by atoms with E-state index in [0.29, 0.717) is 5.88 Å². The van der Waals surface area contributed by atoms with E-state index in [1.165, 1.54) is 0 Å². The standard InChI is InChI=1S/C21H19N3O2S.2C2HF3O2/c25-20(17-8-10-22-18-6-2-1-5-16(17)18)24-13-21(14-24)11-15(12-27-21)26-19-7-3-4-9-23-19;2*3-2(4,5)1(6)7/h1-10,15H,11-14H2;2*(H,6,7). The van der Waals surface area contributed by atoms with E-state index in [1.807, 2.05) is 65.2 Å². The summed E-state index contributed by atoms with van der Waals surface area (Å²) >= 11 is 1.92. The van der Waals surface area contributed by atoms with Crippen molar-refractivity contribution in [1.82, 2.24) is 14.9 Å². The molecule has 1 spiro atoms. The molecule has 220 valence electrons. The third-order valence-electron chi connectivity index (χ3n) is 5.71. The van der Waals surface area contributed by atoms with Gasteiger partial charge in [-0.25, -0.2) is 14.6 Å². The molecule has 1 unspecified atom stereocenters. The number of carboxylic acid groups (broad SMARTS) is 2. The Morgan fingerprint density at radius 3 is 2.02 bits per heavy atom. The Bertz CT molecular complexity index is 1350. The maximum atomic E-state index is 13.0. The Balaban J connectivity index is 0.000000276. The van der Waals surface area contributed by atoms with Crippen LogP contribution < -0.4 is 4.74 Å². The minimum Gasteiger partial charge on any atom is -0.475 e. The lowest BCUT2D eigenvalue weighted by Crippen LogP contribution is -2.60. The number of thioether (sulfide) groups is 1. The Morgan fingerprint density at radius 2 is 1.46 bits per heavy atom. The number of amides is 1. The number of pyridine rings is 2. The molecule has 0 bridgehead atoms. The molecule has 2 fully saturated rings. The predicted octanol–water partition coefficient (Wildman–Crippen LogP) is 4.68. The van der Waals surface area contributed by atoms with Crippen LogP contribution in [0.3, 0.4) is 0 Å². The first-order valence-corrected chi connectivity index (χ1v) is 12.5. The Morgan fingerprint density at radius 1 is 0.878 bits per heavy atom. The zero-order valence-electron chi connectivity index (χ0n) is 20.7. The number of rotatable bonds is 3. The van der Waals surface area contributed by atoms with Crippen LogP contribution in [0.4, 0.5) is 26.3 Å². The number of fused-ring (bicyclic) bond motifs is 1. The highest BCUT2D eigenvalue weighted by atomic mass is 32.2. The topological polar surface area (TPSA) is 130 Å². The van der Waals surface area contributed by atoms with E-state index in [2.05, 4.69) is 9.97 Å². The first kappa shape index (κ1) is 31.4. The second-order valence-corrected chi connectivity index (χ2v) is 10.2. The molecule has 0 saturated carbocycles. The van der Waals surface area contributed by atoms with Gasteiger partial charge in [-0.2, -0.15) is 26.3 Å². The number of benzene rings is 1. The van der Waals surface area contributed by atoms with Crippen LogP contribution >= 0.6 is 11.8 Å². The molecule has 9 nitrogen and oxygen atoms in total. The largest absolute Gasteiger partial charge is 0.490 e. The number of hydrogen-bond donors (Lipinski definition) is 2. The second-order valence-electron chi connectivity index (χ2n) is 8.75. The first-order valence-electron chi connectivity index (χ1n) is 11.6. The lowest BCUT2D eigenvalue weighted by molar-refractivity contribution is -0.193. The van der Waals surface area contributed by atoms with E-state index in [9.17, 15) is 31.1 Å². The summed E-state index contributed by atoms with van der Waals surface area (Å²) in [7, 11) is 0. The van der Waals surface area contributed by atoms with Crippen molar-refractivity contribution in [3.05, 3.63) is 66.5 Å². The van der Waals surface area contributed by atoms with Gasteiger partial charge in [0.05, 0.1) is 15.8 Å². The fourth-order valence-corrected chi connectivity index (χ4v) is 5.46. The summed E-state index contributed by atoms with van der Waals surface area (Å²) in [5.74, 6) is -3.80. The zero-order chi connectivity index (χ0) is 30.4. The summed E-state index contributed by atoms with van der Waals surface area (Å²) in [6, 6.07) is 15.3. The molecule has 2 N–H and O–H groups in total. The number of likely N-dealkylation sites (tertiary alicyclic amines) is 1. The fraction of sp³-hybridized carbons (Fsp3) is 0.320. The third kappa shape index (κ3) is 8.45. The highest BCUT2D eigenvalue weighted by molar-refractivity contribution is 8.01. The van der Waals surface area contributed by atoms with Gasteiger partial charge in [0.15, 0.2) is 0 Å². The zero-order valence-corrected chi connectivity index (χ0v) is 21.5. The van der Waals surface area contributed by atoms with E-state index in [-0.39, 0.29) is 16.8 Å². The monoisotopic (exact) mass is 605 g/mol. The molecule has 3 aromatic rings. The summed E-state index contributed by atoms with van der Waals surface area (Å²) < 4.78 is 69.6. The third-order valence-corrected chi connectivity index (χ3v) is 7.29. The van der Waals surface area contributed by atoms with Gasteiger partial charge >= 0.3 is 24.3 Å². The lowest BCUT2D eigenvalue weighted by atomic mass is 9.92. The number of para-hydroxylation sites is 1. The van der Waals surface area contributed by atoms with Crippen LogP contribution in [0.2, 0.25) is 0 Å². The number of ether oxygens (including phenoxy) is 1. The molecule has 41 heavy (non-hydrogen) atoms. The van der Waals surface area contributed by atoms with Crippen molar-refractivity contribution in [3.8, 4) is 5.88 Å². The van der Waals surface area contributed by atoms with Crippen molar-refractivity contribution >= 4 is 40.5 Å². The number of nitrogens with zero attached hydrogens (tertiary/aromatic N) is 3. The van der Waals surface area contributed by atoms with Crippen LogP contribution in [-0.4, -0.2) is 85.0 Å². The van der Waals surface area contributed by atoms with Gasteiger partial charge in [0, 0.05) is 49.1 Å². The van der Waals surface area contributed by atoms with Crippen LogP contribution in [-0.2, 0) is 9.59 Å². The SMILES string of the molecule is O=C(O)C(F)(F)F.O=C(O)C(F)(F)F.O=C(c1ccnc2ccccc12)N1CC2(CC(Oc3ccccn3)CS2)C1. The van der Waals surface area contributed by atoms with Crippen LogP contribution in [0.25, 0.3) is 10.9 Å². The van der Waals surface area contributed by atoms with Crippen molar-refractivity contribution in [1.29, 1.82) is 0 Å². The molecule has 2 aliphatic heterocycles. The van der Waals surface area contributed by atoms with Gasteiger partial charge in [-0.05, 0) is 18.2 Å². The average Bonchev–Trinajstić information content (AvgIpc) is 3.31. The number of carboxylic acids is 2. The predicted molar refractivity (Wildman–Crippen MR) is 133 cm³/mol. The van der Waals surface area contributed by atoms with Gasteiger partial charge < -0.3 is 19.8 Å². The number of carbonyl (C=O) groups excluding carboxylic acids is 1. The molecule has 1 amide bonds. The quantitative estimate of drug-likeness (QED) is 0.409. The van der Waals surface area contributed by atoms with E-state index in [4.69, 9.17) is 24.5 Å². The number of aliphatic carboxylic acids is 2. The molecular formula is C25H21F6N3O6S. The van der Waals surface area contributed by atoms with E-state index >= 15 is 0 Å². The summed E-state index contributed by atoms with van der Waals surface area (Å²) in [6.45, 7) is 1.55. The molecule has 2 saturated heterocycles. The van der Waals surface area contributed by atoms with Crippen molar-refractivity contribution in [2.75, 3.05) is 18.8 Å². The van der Waals surface area contributed by atoms with Gasteiger partial charge in [-0.15, -0.1) is 11.8 Å². The smallest absolute Gasteiger partial charge is 0.475 e. The van der Waals surface area contributed by atoms with E-state index < -0.39 is 24.3 Å². The molecule has 1 aromatic carbocycles. The van der Waals surface area contributed by atoms with Gasteiger partial charge in [0.1, 0.15) is 6.10 Å². The molecule has 1 atom stereocenters. The maximum Gasteiger partial charge on any atom is 0.490 e. The van der Waals surface area contributed by atoms with Crippen LogP contribution in [0.15, 0.2) is 60.9 Å². The van der Waals surface area contributed by atoms with Crippen molar-refractivity contribution in [3.63, 3.8) is 0 Å². The van der Waals surface area contributed by atoms with Gasteiger partial charge in [0.2, 0.25) is 5.88 Å². The average molecular weight is 606 g/mol. The minimum absolute atomic E-state index is 0.0916. The summed E-state index contributed by atoms with van der Waals surface area (Å²) in [4.78, 5) is 41.3. The molecule has 16 heteroatoms. The van der Waals surface area contributed by atoms with Crippen LogP contribution in [0.5, 0.6) is 5.88 Å². The first-order chi connectivity index (χ1) is 19.1. The lowest BCUT2D eigenvalue weighted by Gasteiger charge is -2.47. The summed E-state index contributed by atoms with van der Waals surface area (Å²) in [5, 5.41) is 15.2. The number of halogens is 6. The second kappa shape index (κ2) is 12.6. The highest BCUT2D eigenvalue weighted by Crippen LogP contribution is 2.46. The van der Waals surface area contributed by atoms with Crippen molar-refractivity contribution in [2.24, 2.45) is 0 Å². The van der Waals surface area contributed by atoms with Crippen LogP contribution in [0.1, 0.15) is 16.8 Å². The summed E-state index contributed by atoms with van der Waals surface area (Å²) in [6.07, 6.45) is -5.60. The molecule has 4 heterocycles.